The molecule has 0 saturated carbocycles. The number of rotatable bonds is 6. The van der Waals surface area contributed by atoms with Crippen molar-refractivity contribution in [1.82, 2.24) is 19.7 Å². The zero-order valence-electron chi connectivity index (χ0n) is 14.4. The predicted molar refractivity (Wildman–Crippen MR) is 102 cm³/mol. The molecule has 2 aromatic carbocycles. The SMILES string of the molecule is O=c1[nH]c(SCc2ccccc2OC(F)F)nc2c1cnn2-c1ccccc1. The number of nitrogens with one attached hydrogen (secondary N) is 1. The van der Waals surface area contributed by atoms with E-state index in [-0.39, 0.29) is 11.3 Å². The van der Waals surface area contributed by atoms with Crippen LogP contribution in [-0.4, -0.2) is 26.4 Å². The molecule has 0 amide bonds. The van der Waals surface area contributed by atoms with Gasteiger partial charge in [0.15, 0.2) is 10.8 Å². The number of ether oxygens (including phenoxy) is 1. The summed E-state index contributed by atoms with van der Waals surface area (Å²) in [6, 6.07) is 15.9. The molecule has 6 nitrogen and oxygen atoms in total. The van der Waals surface area contributed by atoms with Gasteiger partial charge >= 0.3 is 6.61 Å². The summed E-state index contributed by atoms with van der Waals surface area (Å²) in [7, 11) is 0. The van der Waals surface area contributed by atoms with Crippen molar-refractivity contribution in [2.75, 3.05) is 0 Å². The van der Waals surface area contributed by atoms with E-state index in [1.807, 2.05) is 30.3 Å². The largest absolute Gasteiger partial charge is 0.435 e. The Morgan fingerprint density at radius 2 is 1.86 bits per heavy atom. The van der Waals surface area contributed by atoms with Crippen molar-refractivity contribution in [1.29, 1.82) is 0 Å². The van der Waals surface area contributed by atoms with Crippen LogP contribution < -0.4 is 10.3 Å². The first-order valence-corrected chi connectivity index (χ1v) is 9.29. The molecule has 1 N–H and O–H groups in total. The van der Waals surface area contributed by atoms with Crippen LogP contribution in [0.4, 0.5) is 8.78 Å². The Kier molecular flexibility index (Phi) is 5.07. The number of hydrogen-bond acceptors (Lipinski definition) is 5. The molecule has 0 saturated heterocycles. The van der Waals surface area contributed by atoms with E-state index in [9.17, 15) is 13.6 Å². The van der Waals surface area contributed by atoms with Crippen LogP contribution in [0.2, 0.25) is 0 Å². The molecule has 0 atom stereocenters. The van der Waals surface area contributed by atoms with E-state index in [0.29, 0.717) is 27.5 Å². The number of hydrogen-bond donors (Lipinski definition) is 1. The predicted octanol–water partition coefficient (Wildman–Crippen LogP) is 4.00. The number of nitrogens with zero attached hydrogens (tertiary/aromatic N) is 3. The Bertz CT molecular complexity index is 1160. The van der Waals surface area contributed by atoms with E-state index in [0.717, 1.165) is 5.69 Å². The number of benzene rings is 2. The Labute approximate surface area is 162 Å². The average Bonchev–Trinajstić information content (AvgIpc) is 3.12. The summed E-state index contributed by atoms with van der Waals surface area (Å²) in [5.74, 6) is 0.402. The van der Waals surface area contributed by atoms with E-state index < -0.39 is 6.61 Å². The Hall–Kier alpha value is -3.20. The highest BCUT2D eigenvalue weighted by molar-refractivity contribution is 7.98. The number of H-pyrrole nitrogens is 1. The highest BCUT2D eigenvalue weighted by Crippen LogP contribution is 2.27. The third-order valence-electron chi connectivity index (χ3n) is 3.97. The Balaban J connectivity index is 1.65. The van der Waals surface area contributed by atoms with Crippen LogP contribution in [0.25, 0.3) is 16.7 Å². The van der Waals surface area contributed by atoms with Gasteiger partial charge < -0.3 is 9.72 Å². The smallest absolute Gasteiger partial charge is 0.387 e. The third kappa shape index (κ3) is 3.74. The van der Waals surface area contributed by atoms with Gasteiger partial charge in [-0.15, -0.1) is 0 Å². The van der Waals surface area contributed by atoms with Gasteiger partial charge in [0.2, 0.25) is 0 Å². The lowest BCUT2D eigenvalue weighted by Crippen LogP contribution is -2.10. The molecular weight excluding hydrogens is 386 g/mol. The van der Waals surface area contributed by atoms with Gasteiger partial charge in [0.25, 0.3) is 5.56 Å². The lowest BCUT2D eigenvalue weighted by atomic mass is 10.2. The maximum atomic E-state index is 12.6. The van der Waals surface area contributed by atoms with Crippen LogP contribution in [0.15, 0.2) is 70.7 Å². The number of para-hydroxylation sites is 2. The number of alkyl halides is 2. The maximum absolute atomic E-state index is 12.6. The van der Waals surface area contributed by atoms with Gasteiger partial charge in [0, 0.05) is 11.3 Å². The molecule has 2 heterocycles. The zero-order chi connectivity index (χ0) is 19.5. The van der Waals surface area contributed by atoms with Gasteiger partial charge in [-0.1, -0.05) is 48.2 Å². The van der Waals surface area contributed by atoms with Gasteiger partial charge in [0.1, 0.15) is 11.1 Å². The molecule has 142 valence electrons. The molecule has 0 fully saturated rings. The number of aromatic nitrogens is 4. The highest BCUT2D eigenvalue weighted by atomic mass is 32.2. The minimum atomic E-state index is -2.90. The van der Waals surface area contributed by atoms with E-state index >= 15 is 0 Å². The molecular formula is C19H14F2N4O2S. The molecule has 0 aliphatic rings. The van der Waals surface area contributed by atoms with Crippen molar-refractivity contribution in [3.05, 3.63) is 76.7 Å². The fourth-order valence-electron chi connectivity index (χ4n) is 2.70. The highest BCUT2D eigenvalue weighted by Gasteiger charge is 2.13. The van der Waals surface area contributed by atoms with Crippen LogP contribution in [0.1, 0.15) is 5.56 Å². The van der Waals surface area contributed by atoms with Crippen molar-refractivity contribution in [3.8, 4) is 11.4 Å². The maximum Gasteiger partial charge on any atom is 0.387 e. The summed E-state index contributed by atoms with van der Waals surface area (Å²) in [5.41, 5.74) is 1.47. The van der Waals surface area contributed by atoms with Crippen molar-refractivity contribution in [2.24, 2.45) is 0 Å². The van der Waals surface area contributed by atoms with Gasteiger partial charge in [-0.2, -0.15) is 13.9 Å². The first-order valence-electron chi connectivity index (χ1n) is 8.31. The Morgan fingerprint density at radius 3 is 2.64 bits per heavy atom. The second kappa shape index (κ2) is 7.81. The summed E-state index contributed by atoms with van der Waals surface area (Å²) in [6.07, 6.45) is 1.47. The third-order valence-corrected chi connectivity index (χ3v) is 4.89. The van der Waals surface area contributed by atoms with Crippen molar-refractivity contribution < 1.29 is 13.5 Å². The van der Waals surface area contributed by atoms with E-state index in [4.69, 9.17) is 0 Å². The molecule has 9 heteroatoms. The molecule has 0 bridgehead atoms. The normalized spacial score (nSPS) is 11.2. The molecule has 0 aliphatic carbocycles. The summed E-state index contributed by atoms with van der Waals surface area (Å²) < 4.78 is 31.3. The lowest BCUT2D eigenvalue weighted by Gasteiger charge is -2.10. The monoisotopic (exact) mass is 400 g/mol. The number of halogens is 2. The van der Waals surface area contributed by atoms with Crippen LogP contribution in [0.3, 0.4) is 0 Å². The number of thioether (sulfide) groups is 1. The van der Waals surface area contributed by atoms with Crippen molar-refractivity contribution >= 4 is 22.8 Å². The molecule has 0 radical (unpaired) electrons. The van der Waals surface area contributed by atoms with E-state index in [2.05, 4.69) is 19.8 Å². The Morgan fingerprint density at radius 1 is 1.11 bits per heavy atom. The van der Waals surface area contributed by atoms with E-state index in [1.54, 1.807) is 22.9 Å². The van der Waals surface area contributed by atoms with E-state index in [1.165, 1.54) is 24.0 Å². The van der Waals surface area contributed by atoms with Gasteiger partial charge in [-0.05, 0) is 18.2 Å². The minimum Gasteiger partial charge on any atom is -0.435 e. The first-order chi connectivity index (χ1) is 13.6. The average molecular weight is 400 g/mol. The number of aromatic amines is 1. The quantitative estimate of drug-likeness (QED) is 0.391. The summed E-state index contributed by atoms with van der Waals surface area (Å²) >= 11 is 1.22. The fourth-order valence-corrected chi connectivity index (χ4v) is 3.55. The molecule has 4 rings (SSSR count). The standard InChI is InChI=1S/C19H14F2N4O2S/c20-18(21)27-15-9-5-4-6-12(15)11-28-19-23-16-14(17(26)24-19)10-22-25(16)13-7-2-1-3-8-13/h1-10,18H,11H2,(H,23,24,26). The molecule has 0 unspecified atom stereocenters. The lowest BCUT2D eigenvalue weighted by molar-refractivity contribution is -0.0503. The minimum absolute atomic E-state index is 0.0998. The summed E-state index contributed by atoms with van der Waals surface area (Å²) in [4.78, 5) is 19.6. The van der Waals surface area contributed by atoms with Crippen LogP contribution in [0.5, 0.6) is 5.75 Å². The van der Waals surface area contributed by atoms with Crippen molar-refractivity contribution in [3.63, 3.8) is 0 Å². The zero-order valence-corrected chi connectivity index (χ0v) is 15.2. The van der Waals surface area contributed by atoms with Gasteiger partial charge in [-0.25, -0.2) is 9.67 Å². The van der Waals surface area contributed by atoms with Gasteiger partial charge in [-0.3, -0.25) is 4.79 Å². The van der Waals surface area contributed by atoms with Crippen molar-refractivity contribution in [2.45, 2.75) is 17.5 Å². The first kappa shape index (κ1) is 18.2. The molecule has 28 heavy (non-hydrogen) atoms. The van der Waals surface area contributed by atoms with Crippen LogP contribution in [-0.2, 0) is 5.75 Å². The second-order valence-corrected chi connectivity index (χ2v) is 6.74. The van der Waals surface area contributed by atoms with Gasteiger partial charge in [0.05, 0.1) is 11.9 Å². The molecule has 0 aliphatic heterocycles. The summed E-state index contributed by atoms with van der Waals surface area (Å²) in [5, 5.41) is 4.99. The molecule has 0 spiro atoms. The topological polar surface area (TPSA) is 72.8 Å². The molecule has 4 aromatic rings. The fraction of sp³-hybridized carbons (Fsp3) is 0.105. The second-order valence-electron chi connectivity index (χ2n) is 5.78. The summed E-state index contributed by atoms with van der Waals surface area (Å²) in [6.45, 7) is -2.90. The number of fused-ring (bicyclic) bond motifs is 1. The molecule has 2 aromatic heterocycles. The van der Waals surface area contributed by atoms with Crippen LogP contribution in [0, 0.1) is 0 Å². The van der Waals surface area contributed by atoms with Crippen LogP contribution >= 0.6 is 11.8 Å².